The zero-order valence-corrected chi connectivity index (χ0v) is 14.1. The lowest BCUT2D eigenvalue weighted by molar-refractivity contribution is -0.131. The molecule has 0 aromatic heterocycles. The lowest BCUT2D eigenvalue weighted by Crippen LogP contribution is -2.43. The van der Waals surface area contributed by atoms with Crippen LogP contribution in [0.2, 0.25) is 0 Å². The Balaban J connectivity index is 1.54. The van der Waals surface area contributed by atoms with Gasteiger partial charge in [0, 0.05) is 24.5 Å². The maximum Gasteiger partial charge on any atom is 0.241 e. The van der Waals surface area contributed by atoms with Crippen LogP contribution in [0.25, 0.3) is 0 Å². The highest BCUT2D eigenvalue weighted by Crippen LogP contribution is 2.33. The maximum absolute atomic E-state index is 12.2. The SMILES string of the molecule is O=C(CN1CCCSc2ccccc21)NCC(=O)N1CCCC1. The van der Waals surface area contributed by atoms with Crippen LogP contribution in [0, 0.1) is 0 Å². The molecule has 6 heteroatoms. The molecule has 1 aromatic carbocycles. The van der Waals surface area contributed by atoms with Crippen molar-refractivity contribution < 1.29 is 9.59 Å². The molecule has 0 unspecified atom stereocenters. The largest absolute Gasteiger partial charge is 0.361 e. The van der Waals surface area contributed by atoms with Crippen LogP contribution in [0.4, 0.5) is 5.69 Å². The number of likely N-dealkylation sites (tertiary alicyclic amines) is 1. The van der Waals surface area contributed by atoms with Crippen LogP contribution in [0.1, 0.15) is 19.3 Å². The summed E-state index contributed by atoms with van der Waals surface area (Å²) in [7, 11) is 0. The van der Waals surface area contributed by atoms with Crippen molar-refractivity contribution in [1.29, 1.82) is 0 Å². The Kier molecular flexibility index (Phi) is 5.43. The molecule has 2 amide bonds. The number of hydrogen-bond donors (Lipinski definition) is 1. The van der Waals surface area contributed by atoms with Crippen molar-refractivity contribution >= 4 is 29.3 Å². The number of benzene rings is 1. The van der Waals surface area contributed by atoms with E-state index in [1.54, 1.807) is 0 Å². The van der Waals surface area contributed by atoms with Crippen molar-refractivity contribution in [3.8, 4) is 0 Å². The number of nitrogens with one attached hydrogen (secondary N) is 1. The van der Waals surface area contributed by atoms with Crippen LogP contribution >= 0.6 is 11.8 Å². The first-order chi connectivity index (χ1) is 11.2. The second kappa shape index (κ2) is 7.73. The van der Waals surface area contributed by atoms with Gasteiger partial charge in [0.05, 0.1) is 18.8 Å². The summed E-state index contributed by atoms with van der Waals surface area (Å²) in [6.07, 6.45) is 3.20. The summed E-state index contributed by atoms with van der Waals surface area (Å²) < 4.78 is 0. The molecule has 0 atom stereocenters. The summed E-state index contributed by atoms with van der Waals surface area (Å²) >= 11 is 1.84. The summed E-state index contributed by atoms with van der Waals surface area (Å²) in [5.74, 6) is 1.02. The van der Waals surface area contributed by atoms with E-state index >= 15 is 0 Å². The Labute approximate surface area is 141 Å². The number of anilines is 1. The van der Waals surface area contributed by atoms with Crippen molar-refractivity contribution in [1.82, 2.24) is 10.2 Å². The zero-order valence-electron chi connectivity index (χ0n) is 13.3. The highest BCUT2D eigenvalue weighted by molar-refractivity contribution is 7.99. The highest BCUT2D eigenvalue weighted by Gasteiger charge is 2.20. The van der Waals surface area contributed by atoms with E-state index in [4.69, 9.17) is 0 Å². The maximum atomic E-state index is 12.2. The topological polar surface area (TPSA) is 52.7 Å². The number of hydrogen-bond acceptors (Lipinski definition) is 4. The molecule has 3 rings (SSSR count). The first-order valence-corrected chi connectivity index (χ1v) is 9.24. The second-order valence-corrected chi connectivity index (χ2v) is 7.09. The molecule has 2 heterocycles. The van der Waals surface area contributed by atoms with Gasteiger partial charge in [0.25, 0.3) is 0 Å². The number of fused-ring (bicyclic) bond motifs is 1. The molecule has 0 aliphatic carbocycles. The van der Waals surface area contributed by atoms with E-state index in [1.165, 1.54) is 4.90 Å². The third kappa shape index (κ3) is 4.19. The lowest BCUT2D eigenvalue weighted by atomic mass is 10.2. The third-order valence-electron chi connectivity index (χ3n) is 4.27. The summed E-state index contributed by atoms with van der Waals surface area (Å²) in [6, 6.07) is 8.21. The van der Waals surface area contributed by atoms with Crippen molar-refractivity contribution in [2.24, 2.45) is 0 Å². The van der Waals surface area contributed by atoms with E-state index in [0.717, 1.165) is 50.3 Å². The van der Waals surface area contributed by atoms with Gasteiger partial charge in [-0.3, -0.25) is 9.59 Å². The fourth-order valence-electron chi connectivity index (χ4n) is 3.04. The molecule has 0 spiro atoms. The van der Waals surface area contributed by atoms with Gasteiger partial charge in [0.15, 0.2) is 0 Å². The average Bonchev–Trinajstić information content (AvgIpc) is 3.03. The van der Waals surface area contributed by atoms with Crippen molar-refractivity contribution in [3.05, 3.63) is 24.3 Å². The minimum Gasteiger partial charge on any atom is -0.361 e. The van der Waals surface area contributed by atoms with Crippen LogP contribution in [0.3, 0.4) is 0 Å². The summed E-state index contributed by atoms with van der Waals surface area (Å²) in [4.78, 5) is 29.4. The summed E-state index contributed by atoms with van der Waals surface area (Å²) in [6.45, 7) is 2.95. The molecule has 124 valence electrons. The smallest absolute Gasteiger partial charge is 0.241 e. The van der Waals surface area contributed by atoms with Crippen LogP contribution in [0.15, 0.2) is 29.2 Å². The van der Waals surface area contributed by atoms with Gasteiger partial charge in [-0.1, -0.05) is 12.1 Å². The van der Waals surface area contributed by atoms with E-state index in [9.17, 15) is 9.59 Å². The molecule has 0 saturated carbocycles. The van der Waals surface area contributed by atoms with Crippen LogP contribution < -0.4 is 10.2 Å². The van der Waals surface area contributed by atoms with E-state index in [0.29, 0.717) is 6.54 Å². The summed E-state index contributed by atoms with van der Waals surface area (Å²) in [5, 5.41) is 2.78. The normalized spacial score (nSPS) is 17.6. The molecule has 0 radical (unpaired) electrons. The molecule has 2 aliphatic heterocycles. The van der Waals surface area contributed by atoms with Gasteiger partial charge in [0.2, 0.25) is 11.8 Å². The van der Waals surface area contributed by atoms with E-state index in [-0.39, 0.29) is 18.4 Å². The number of thioether (sulfide) groups is 1. The molecular formula is C17H23N3O2S. The van der Waals surface area contributed by atoms with Gasteiger partial charge >= 0.3 is 0 Å². The Morgan fingerprint density at radius 1 is 1.09 bits per heavy atom. The van der Waals surface area contributed by atoms with Crippen LogP contribution in [-0.2, 0) is 9.59 Å². The van der Waals surface area contributed by atoms with Gasteiger partial charge in [-0.15, -0.1) is 11.8 Å². The summed E-state index contributed by atoms with van der Waals surface area (Å²) in [5.41, 5.74) is 1.12. The predicted molar refractivity (Wildman–Crippen MR) is 92.8 cm³/mol. The number of amides is 2. The van der Waals surface area contributed by atoms with Gasteiger partial charge < -0.3 is 15.1 Å². The van der Waals surface area contributed by atoms with Gasteiger partial charge in [-0.25, -0.2) is 0 Å². The zero-order chi connectivity index (χ0) is 16.1. The predicted octanol–water partition coefficient (Wildman–Crippen LogP) is 1.73. The fourth-order valence-corrected chi connectivity index (χ4v) is 4.06. The fraction of sp³-hybridized carbons (Fsp3) is 0.529. The minimum atomic E-state index is -0.0840. The van der Waals surface area contributed by atoms with E-state index < -0.39 is 0 Å². The van der Waals surface area contributed by atoms with Gasteiger partial charge in [-0.05, 0) is 37.1 Å². The Bertz CT molecular complexity index is 573. The molecule has 1 N–H and O–H groups in total. The number of carbonyl (C=O) groups is 2. The molecule has 2 aliphatic rings. The standard InChI is InChI=1S/C17H23N3O2S/c21-16(18-12-17(22)19-8-3-4-9-19)13-20-10-5-11-23-15-7-2-1-6-14(15)20/h1-2,6-7H,3-5,8-13H2,(H,18,21). The molecule has 1 fully saturated rings. The van der Waals surface area contributed by atoms with Crippen molar-refractivity contribution in [2.75, 3.05) is 43.4 Å². The van der Waals surface area contributed by atoms with Gasteiger partial charge in [0.1, 0.15) is 0 Å². The second-order valence-electron chi connectivity index (χ2n) is 5.96. The molecule has 5 nitrogen and oxygen atoms in total. The quantitative estimate of drug-likeness (QED) is 0.912. The molecule has 0 bridgehead atoms. The molecule has 23 heavy (non-hydrogen) atoms. The number of carbonyl (C=O) groups excluding carboxylic acids is 2. The first kappa shape index (κ1) is 16.2. The monoisotopic (exact) mass is 333 g/mol. The molecule has 1 aromatic rings. The van der Waals surface area contributed by atoms with Crippen molar-refractivity contribution in [3.63, 3.8) is 0 Å². The van der Waals surface area contributed by atoms with E-state index in [1.807, 2.05) is 28.8 Å². The number of nitrogens with zero attached hydrogens (tertiary/aromatic N) is 2. The minimum absolute atomic E-state index is 0.0303. The third-order valence-corrected chi connectivity index (χ3v) is 5.41. The van der Waals surface area contributed by atoms with Crippen LogP contribution in [-0.4, -0.2) is 55.2 Å². The lowest BCUT2D eigenvalue weighted by Gasteiger charge is -2.24. The van der Waals surface area contributed by atoms with E-state index in [2.05, 4.69) is 22.3 Å². The van der Waals surface area contributed by atoms with Gasteiger partial charge in [-0.2, -0.15) is 0 Å². The Hall–Kier alpha value is -1.69. The Morgan fingerprint density at radius 3 is 2.70 bits per heavy atom. The average molecular weight is 333 g/mol. The first-order valence-electron chi connectivity index (χ1n) is 8.25. The number of rotatable bonds is 4. The molecule has 1 saturated heterocycles. The van der Waals surface area contributed by atoms with Crippen LogP contribution in [0.5, 0.6) is 0 Å². The Morgan fingerprint density at radius 2 is 1.87 bits per heavy atom. The molecular weight excluding hydrogens is 310 g/mol. The highest BCUT2D eigenvalue weighted by atomic mass is 32.2. The number of para-hydroxylation sites is 1. The van der Waals surface area contributed by atoms with Crippen molar-refractivity contribution in [2.45, 2.75) is 24.2 Å².